The van der Waals surface area contributed by atoms with Crippen LogP contribution in [0.15, 0.2) is 48.5 Å². The van der Waals surface area contributed by atoms with Crippen molar-refractivity contribution in [1.82, 2.24) is 20.2 Å². The highest BCUT2D eigenvalue weighted by molar-refractivity contribution is 6.31. The van der Waals surface area contributed by atoms with Crippen molar-refractivity contribution in [3.63, 3.8) is 0 Å². The van der Waals surface area contributed by atoms with Crippen LogP contribution in [0.4, 0.5) is 0 Å². The summed E-state index contributed by atoms with van der Waals surface area (Å²) in [6.45, 7) is 0. The Morgan fingerprint density at radius 2 is 1.78 bits per heavy atom. The van der Waals surface area contributed by atoms with Gasteiger partial charge in [-0.15, -0.1) is 5.10 Å². The number of carbonyl (C=O) groups is 1. The number of aryl methyl sites for hydroxylation is 1. The quantitative estimate of drug-likeness (QED) is 0.659. The maximum Gasteiger partial charge on any atom is 0.163 e. The van der Waals surface area contributed by atoms with Crippen molar-refractivity contribution in [1.29, 1.82) is 0 Å². The monoisotopic (exact) mass is 346 g/mol. The fourth-order valence-corrected chi connectivity index (χ4v) is 2.58. The molecule has 0 N–H and O–H groups in total. The Morgan fingerprint density at radius 3 is 2.52 bits per heavy atom. The third-order valence-corrected chi connectivity index (χ3v) is 3.78. The van der Waals surface area contributed by atoms with Crippen LogP contribution in [-0.2, 0) is 6.42 Å². The van der Waals surface area contributed by atoms with Gasteiger partial charge in [0.05, 0.1) is 5.69 Å². The summed E-state index contributed by atoms with van der Waals surface area (Å²) in [4.78, 5) is 12.2. The first-order chi connectivity index (χ1) is 11.1. The summed E-state index contributed by atoms with van der Waals surface area (Å²) in [5, 5.41) is 12.8. The normalized spacial score (nSPS) is 10.7. The predicted molar refractivity (Wildman–Crippen MR) is 88.3 cm³/mol. The van der Waals surface area contributed by atoms with E-state index in [-0.39, 0.29) is 5.78 Å². The van der Waals surface area contributed by atoms with Crippen molar-refractivity contribution < 1.29 is 4.79 Å². The molecule has 0 unspecified atom stereocenters. The smallest absolute Gasteiger partial charge is 0.163 e. The lowest BCUT2D eigenvalue weighted by Crippen LogP contribution is -2.07. The molecule has 0 fully saturated rings. The van der Waals surface area contributed by atoms with Gasteiger partial charge in [0.15, 0.2) is 11.6 Å². The van der Waals surface area contributed by atoms with Crippen molar-refractivity contribution in [2.75, 3.05) is 0 Å². The molecule has 3 aromatic rings. The van der Waals surface area contributed by atoms with E-state index in [1.807, 2.05) is 12.1 Å². The number of hydrogen-bond acceptors (Lipinski definition) is 4. The van der Waals surface area contributed by atoms with E-state index in [1.165, 1.54) is 0 Å². The molecular formula is C16H12Cl2N4O. The molecule has 0 saturated heterocycles. The van der Waals surface area contributed by atoms with E-state index in [0.717, 1.165) is 5.69 Å². The highest BCUT2D eigenvalue weighted by Gasteiger charge is 2.12. The minimum Gasteiger partial charge on any atom is -0.294 e. The third-order valence-electron chi connectivity index (χ3n) is 3.31. The zero-order valence-electron chi connectivity index (χ0n) is 12.0. The largest absolute Gasteiger partial charge is 0.294 e. The molecule has 5 nitrogen and oxygen atoms in total. The molecule has 0 bridgehead atoms. The van der Waals surface area contributed by atoms with Crippen LogP contribution in [0.1, 0.15) is 22.6 Å². The Hall–Kier alpha value is -2.24. The minimum absolute atomic E-state index is 0.00635. The van der Waals surface area contributed by atoms with Crippen molar-refractivity contribution in [2.24, 2.45) is 0 Å². The van der Waals surface area contributed by atoms with Crippen molar-refractivity contribution >= 4 is 29.0 Å². The van der Waals surface area contributed by atoms with Crippen LogP contribution in [-0.4, -0.2) is 26.0 Å². The molecule has 7 heteroatoms. The van der Waals surface area contributed by atoms with E-state index in [2.05, 4.69) is 15.5 Å². The van der Waals surface area contributed by atoms with Gasteiger partial charge in [-0.3, -0.25) is 4.79 Å². The van der Waals surface area contributed by atoms with Gasteiger partial charge in [-0.2, -0.15) is 4.68 Å². The Bertz CT molecular complexity index is 847. The van der Waals surface area contributed by atoms with Crippen molar-refractivity contribution in [3.05, 3.63) is 70.0 Å². The summed E-state index contributed by atoms with van der Waals surface area (Å²) in [5.74, 6) is 0.593. The minimum atomic E-state index is -0.00635. The topological polar surface area (TPSA) is 60.7 Å². The molecular weight excluding hydrogens is 335 g/mol. The fourth-order valence-electron chi connectivity index (χ4n) is 2.20. The second kappa shape index (κ2) is 6.89. The number of rotatable bonds is 5. The molecule has 3 rings (SSSR count). The summed E-state index contributed by atoms with van der Waals surface area (Å²) >= 11 is 11.9. The van der Waals surface area contributed by atoms with E-state index in [1.54, 1.807) is 41.1 Å². The van der Waals surface area contributed by atoms with E-state index < -0.39 is 0 Å². The molecule has 0 aliphatic carbocycles. The Kier molecular flexibility index (Phi) is 4.69. The number of Topliss-reactive ketones (excluding diaryl/α,β-unsaturated/α-hetero) is 1. The average Bonchev–Trinajstić information content (AvgIpc) is 3.01. The zero-order chi connectivity index (χ0) is 16.2. The molecule has 0 atom stereocenters. The number of benzene rings is 2. The number of halogens is 2. The van der Waals surface area contributed by atoms with Gasteiger partial charge < -0.3 is 0 Å². The van der Waals surface area contributed by atoms with Gasteiger partial charge in [-0.05, 0) is 40.8 Å². The Balaban J connectivity index is 1.75. The maximum absolute atomic E-state index is 12.2. The molecule has 0 radical (unpaired) electrons. The summed E-state index contributed by atoms with van der Waals surface area (Å²) < 4.78 is 1.58. The van der Waals surface area contributed by atoms with E-state index in [9.17, 15) is 4.79 Å². The molecule has 116 valence electrons. The molecule has 1 aromatic heterocycles. The number of aromatic nitrogens is 4. The van der Waals surface area contributed by atoms with Crippen molar-refractivity contribution in [3.8, 4) is 5.69 Å². The summed E-state index contributed by atoms with van der Waals surface area (Å²) in [7, 11) is 0. The van der Waals surface area contributed by atoms with Crippen molar-refractivity contribution in [2.45, 2.75) is 12.8 Å². The zero-order valence-corrected chi connectivity index (χ0v) is 13.5. The predicted octanol–water partition coefficient (Wildman–Crippen LogP) is 3.78. The second-order valence-electron chi connectivity index (χ2n) is 4.92. The van der Waals surface area contributed by atoms with Crippen LogP contribution in [0.25, 0.3) is 5.69 Å². The van der Waals surface area contributed by atoms with Gasteiger partial charge in [-0.25, -0.2) is 0 Å². The lowest BCUT2D eigenvalue weighted by Gasteiger charge is -2.05. The Morgan fingerprint density at radius 1 is 1.04 bits per heavy atom. The molecule has 23 heavy (non-hydrogen) atoms. The average molecular weight is 347 g/mol. The van der Waals surface area contributed by atoms with E-state index >= 15 is 0 Å². The fraction of sp³-hybridized carbons (Fsp3) is 0.125. The van der Waals surface area contributed by atoms with Crippen LogP contribution < -0.4 is 0 Å². The lowest BCUT2D eigenvalue weighted by atomic mass is 10.1. The third kappa shape index (κ3) is 3.75. The van der Waals surface area contributed by atoms with Gasteiger partial charge in [0.1, 0.15) is 0 Å². The summed E-state index contributed by atoms with van der Waals surface area (Å²) in [5.41, 5.74) is 1.34. The highest BCUT2D eigenvalue weighted by atomic mass is 35.5. The van der Waals surface area contributed by atoms with E-state index in [4.69, 9.17) is 23.2 Å². The number of carbonyl (C=O) groups excluding carboxylic acids is 1. The van der Waals surface area contributed by atoms with E-state index in [0.29, 0.717) is 34.3 Å². The van der Waals surface area contributed by atoms with Gasteiger partial charge in [0, 0.05) is 28.5 Å². The molecule has 0 saturated carbocycles. The van der Waals surface area contributed by atoms with Gasteiger partial charge in [0.25, 0.3) is 0 Å². The van der Waals surface area contributed by atoms with Crippen LogP contribution in [0, 0.1) is 0 Å². The molecule has 2 aromatic carbocycles. The summed E-state index contributed by atoms with van der Waals surface area (Å²) in [6.07, 6.45) is 0.714. The number of nitrogens with zero attached hydrogens (tertiary/aromatic N) is 4. The summed E-state index contributed by atoms with van der Waals surface area (Å²) in [6, 6.07) is 14.1. The van der Waals surface area contributed by atoms with Gasteiger partial charge in [0.2, 0.25) is 0 Å². The highest BCUT2D eigenvalue weighted by Crippen LogP contribution is 2.16. The molecule has 0 spiro atoms. The Labute approximate surface area is 142 Å². The standard InChI is InChI=1S/C16H12Cl2N4O/c17-12-4-1-3-11(9-12)15(23)7-8-16-19-20-21-22(16)14-6-2-5-13(18)10-14/h1-6,9-10H,7-8H2. The molecule has 0 aliphatic rings. The van der Waals surface area contributed by atoms with Gasteiger partial charge >= 0.3 is 0 Å². The second-order valence-corrected chi connectivity index (χ2v) is 5.79. The van der Waals surface area contributed by atoms with Crippen LogP contribution >= 0.6 is 23.2 Å². The molecule has 0 amide bonds. The molecule has 1 heterocycles. The van der Waals surface area contributed by atoms with Crippen LogP contribution in [0.2, 0.25) is 10.0 Å². The number of tetrazole rings is 1. The van der Waals surface area contributed by atoms with Gasteiger partial charge in [-0.1, -0.05) is 41.4 Å². The van der Waals surface area contributed by atoms with Crippen LogP contribution in [0.5, 0.6) is 0 Å². The number of hydrogen-bond donors (Lipinski definition) is 0. The maximum atomic E-state index is 12.2. The SMILES string of the molecule is O=C(CCc1nnnn1-c1cccc(Cl)c1)c1cccc(Cl)c1. The first-order valence-corrected chi connectivity index (χ1v) is 7.71. The first kappa shape index (κ1) is 15.6. The van der Waals surface area contributed by atoms with Crippen LogP contribution in [0.3, 0.4) is 0 Å². The molecule has 0 aliphatic heterocycles. The lowest BCUT2D eigenvalue weighted by molar-refractivity contribution is 0.0982. The first-order valence-electron chi connectivity index (χ1n) is 6.95. The number of ketones is 1.